The van der Waals surface area contributed by atoms with Gasteiger partial charge >= 0.3 is 5.97 Å². The van der Waals surface area contributed by atoms with Crippen LogP contribution < -0.4 is 0 Å². The molecule has 0 unspecified atom stereocenters. The van der Waals surface area contributed by atoms with Gasteiger partial charge in [-0.2, -0.15) is 0 Å². The maximum absolute atomic E-state index is 11.8. The summed E-state index contributed by atoms with van der Waals surface area (Å²) in [5, 5.41) is 7.76. The first kappa shape index (κ1) is 13.9. The maximum Gasteiger partial charge on any atom is 0.359 e. The minimum Gasteiger partial charge on any atom is -0.451 e. The predicted octanol–water partition coefficient (Wildman–Crippen LogP) is 2.19. The molecule has 110 valence electrons. The first-order valence-electron chi connectivity index (χ1n) is 6.56. The van der Waals surface area contributed by atoms with Gasteiger partial charge < -0.3 is 9.15 Å². The molecule has 0 saturated carbocycles. The van der Waals surface area contributed by atoms with Crippen molar-refractivity contribution in [3.8, 4) is 11.5 Å². The summed E-state index contributed by atoms with van der Waals surface area (Å²) < 4.78 is 10.5. The lowest BCUT2D eigenvalue weighted by Gasteiger charge is -2.00. The van der Waals surface area contributed by atoms with Crippen molar-refractivity contribution in [2.24, 2.45) is 0 Å². The van der Waals surface area contributed by atoms with Crippen molar-refractivity contribution in [1.29, 1.82) is 0 Å². The van der Waals surface area contributed by atoms with Crippen molar-refractivity contribution < 1.29 is 13.9 Å². The fourth-order valence-electron chi connectivity index (χ4n) is 1.71. The highest BCUT2D eigenvalue weighted by atomic mass is 16.5. The predicted molar refractivity (Wildman–Crippen MR) is 75.6 cm³/mol. The van der Waals surface area contributed by atoms with E-state index in [0.29, 0.717) is 5.89 Å². The number of carbonyl (C=O) groups is 1. The van der Waals surface area contributed by atoms with Crippen molar-refractivity contribution in [2.75, 3.05) is 0 Å². The van der Waals surface area contributed by atoms with E-state index in [0.717, 1.165) is 11.3 Å². The molecule has 1 aromatic carbocycles. The molecule has 0 atom stereocenters. The van der Waals surface area contributed by atoms with Gasteiger partial charge in [0, 0.05) is 11.8 Å². The maximum atomic E-state index is 11.8. The average Bonchev–Trinajstić information content (AvgIpc) is 3.03. The standard InChI is InChI=1S/C15H12N4O3/c1-10-7-17-12(8-16-10)15(20)21-9-13-18-19-14(22-13)11-5-3-2-4-6-11/h2-8H,9H2,1H3. The largest absolute Gasteiger partial charge is 0.451 e. The third-order valence-corrected chi connectivity index (χ3v) is 2.80. The van der Waals surface area contributed by atoms with E-state index in [1.165, 1.54) is 12.4 Å². The van der Waals surface area contributed by atoms with E-state index in [2.05, 4.69) is 20.2 Å². The molecule has 0 saturated heterocycles. The van der Waals surface area contributed by atoms with Crippen LogP contribution in [0.2, 0.25) is 0 Å². The van der Waals surface area contributed by atoms with Crippen LogP contribution in [-0.2, 0) is 11.3 Å². The molecule has 0 spiro atoms. The first-order chi connectivity index (χ1) is 10.7. The van der Waals surface area contributed by atoms with E-state index in [-0.39, 0.29) is 18.2 Å². The van der Waals surface area contributed by atoms with Gasteiger partial charge in [-0.3, -0.25) is 4.98 Å². The van der Waals surface area contributed by atoms with Gasteiger partial charge in [-0.1, -0.05) is 18.2 Å². The summed E-state index contributed by atoms with van der Waals surface area (Å²) in [5.74, 6) is 0.000937. The number of hydrogen-bond acceptors (Lipinski definition) is 7. The summed E-state index contributed by atoms with van der Waals surface area (Å²) in [6, 6.07) is 9.34. The van der Waals surface area contributed by atoms with Crippen molar-refractivity contribution in [3.63, 3.8) is 0 Å². The summed E-state index contributed by atoms with van der Waals surface area (Å²) in [4.78, 5) is 19.7. The highest BCUT2D eigenvalue weighted by molar-refractivity contribution is 5.86. The number of benzene rings is 1. The van der Waals surface area contributed by atoms with Crippen LogP contribution in [0.4, 0.5) is 0 Å². The number of esters is 1. The van der Waals surface area contributed by atoms with E-state index >= 15 is 0 Å². The molecule has 0 aliphatic rings. The summed E-state index contributed by atoms with van der Waals surface area (Å²) >= 11 is 0. The zero-order chi connectivity index (χ0) is 15.4. The van der Waals surface area contributed by atoms with E-state index in [9.17, 15) is 4.79 Å². The van der Waals surface area contributed by atoms with E-state index in [4.69, 9.17) is 9.15 Å². The van der Waals surface area contributed by atoms with Crippen molar-refractivity contribution in [1.82, 2.24) is 20.2 Å². The second-order valence-electron chi connectivity index (χ2n) is 4.49. The molecule has 7 nitrogen and oxygen atoms in total. The van der Waals surface area contributed by atoms with Crippen LogP contribution in [0.5, 0.6) is 0 Å². The van der Waals surface area contributed by atoms with Gasteiger partial charge in [-0.15, -0.1) is 10.2 Å². The Morgan fingerprint density at radius 3 is 2.68 bits per heavy atom. The third kappa shape index (κ3) is 3.14. The fraction of sp³-hybridized carbons (Fsp3) is 0.133. The van der Waals surface area contributed by atoms with Gasteiger partial charge in [0.15, 0.2) is 12.3 Å². The molecule has 3 rings (SSSR count). The van der Waals surface area contributed by atoms with Gasteiger partial charge in [-0.25, -0.2) is 9.78 Å². The number of rotatable bonds is 4. The molecule has 0 aliphatic heterocycles. The second-order valence-corrected chi connectivity index (χ2v) is 4.49. The average molecular weight is 296 g/mol. The van der Waals surface area contributed by atoms with Gasteiger partial charge in [0.1, 0.15) is 0 Å². The van der Waals surface area contributed by atoms with Crippen molar-refractivity contribution >= 4 is 5.97 Å². The molecule has 0 bridgehead atoms. The first-order valence-corrected chi connectivity index (χ1v) is 6.56. The Morgan fingerprint density at radius 2 is 1.95 bits per heavy atom. The van der Waals surface area contributed by atoms with E-state index in [1.807, 2.05) is 30.3 Å². The van der Waals surface area contributed by atoms with Crippen molar-refractivity contribution in [2.45, 2.75) is 13.5 Å². The van der Waals surface area contributed by atoms with Crippen LogP contribution in [-0.4, -0.2) is 26.1 Å². The van der Waals surface area contributed by atoms with Crippen LogP contribution in [0.1, 0.15) is 22.1 Å². The number of hydrogen-bond donors (Lipinski definition) is 0. The Morgan fingerprint density at radius 1 is 1.14 bits per heavy atom. The van der Waals surface area contributed by atoms with Crippen molar-refractivity contribution in [3.05, 3.63) is 60.0 Å². The van der Waals surface area contributed by atoms with Gasteiger partial charge in [-0.05, 0) is 19.1 Å². The summed E-state index contributed by atoms with van der Waals surface area (Å²) in [7, 11) is 0. The molecule has 0 N–H and O–H groups in total. The molecule has 2 heterocycles. The van der Waals surface area contributed by atoms with Gasteiger partial charge in [0.2, 0.25) is 5.89 Å². The lowest BCUT2D eigenvalue weighted by atomic mass is 10.2. The van der Waals surface area contributed by atoms with Gasteiger partial charge in [0.05, 0.1) is 11.9 Å². The van der Waals surface area contributed by atoms with E-state index in [1.54, 1.807) is 6.92 Å². The molecular weight excluding hydrogens is 284 g/mol. The number of carbonyl (C=O) groups excluding carboxylic acids is 1. The lowest BCUT2D eigenvalue weighted by Crippen LogP contribution is -2.08. The number of aryl methyl sites for hydroxylation is 1. The molecular formula is C15H12N4O3. The normalized spacial score (nSPS) is 10.4. The summed E-state index contributed by atoms with van der Waals surface area (Å²) in [6.07, 6.45) is 2.86. The summed E-state index contributed by atoms with van der Waals surface area (Å²) in [6.45, 7) is 1.67. The number of nitrogens with zero attached hydrogens (tertiary/aromatic N) is 4. The molecule has 2 aromatic heterocycles. The monoisotopic (exact) mass is 296 g/mol. The highest BCUT2D eigenvalue weighted by Crippen LogP contribution is 2.17. The third-order valence-electron chi connectivity index (χ3n) is 2.80. The molecule has 22 heavy (non-hydrogen) atoms. The zero-order valence-electron chi connectivity index (χ0n) is 11.8. The zero-order valence-corrected chi connectivity index (χ0v) is 11.8. The van der Waals surface area contributed by atoms with Crippen LogP contribution >= 0.6 is 0 Å². The Labute approximate surface area is 126 Å². The Bertz CT molecular complexity index is 769. The Kier molecular flexibility index (Phi) is 3.86. The van der Waals surface area contributed by atoms with Crippen LogP contribution in [0.3, 0.4) is 0 Å². The smallest absolute Gasteiger partial charge is 0.359 e. The summed E-state index contributed by atoms with van der Waals surface area (Å²) in [5.41, 5.74) is 1.66. The molecule has 7 heteroatoms. The van der Waals surface area contributed by atoms with Gasteiger partial charge in [0.25, 0.3) is 5.89 Å². The SMILES string of the molecule is Cc1cnc(C(=O)OCc2nnc(-c3ccccc3)o2)cn1. The minimum atomic E-state index is -0.591. The minimum absolute atomic E-state index is 0.117. The lowest BCUT2D eigenvalue weighted by molar-refractivity contribution is 0.0431. The molecule has 0 radical (unpaired) electrons. The topological polar surface area (TPSA) is 91.0 Å². The molecule has 0 amide bonds. The molecule has 0 aliphatic carbocycles. The Balaban J connectivity index is 1.64. The van der Waals surface area contributed by atoms with Crippen LogP contribution in [0, 0.1) is 6.92 Å². The number of aromatic nitrogens is 4. The Hall–Kier alpha value is -3.09. The van der Waals surface area contributed by atoms with Crippen LogP contribution in [0.25, 0.3) is 11.5 Å². The fourth-order valence-corrected chi connectivity index (χ4v) is 1.71. The van der Waals surface area contributed by atoms with E-state index < -0.39 is 5.97 Å². The molecule has 3 aromatic rings. The second kappa shape index (κ2) is 6.13. The quantitative estimate of drug-likeness (QED) is 0.681. The van der Waals surface area contributed by atoms with Crippen LogP contribution in [0.15, 0.2) is 47.1 Å². The number of ether oxygens (including phenoxy) is 1. The molecule has 0 fully saturated rings. The highest BCUT2D eigenvalue weighted by Gasteiger charge is 2.13.